The molecule has 0 bridgehead atoms. The predicted octanol–water partition coefficient (Wildman–Crippen LogP) is -1.23. The van der Waals surface area contributed by atoms with Crippen LogP contribution in [0.1, 0.15) is 33.6 Å². The molecule has 1 rings (SSSR count). The van der Waals surface area contributed by atoms with Crippen molar-refractivity contribution >= 4 is 17.7 Å². The van der Waals surface area contributed by atoms with Crippen molar-refractivity contribution in [2.45, 2.75) is 12.8 Å². The van der Waals surface area contributed by atoms with Gasteiger partial charge < -0.3 is 24.5 Å². The molecule has 0 atom stereocenters. The number of carbonyl (C=O) groups is 3. The highest BCUT2D eigenvalue weighted by molar-refractivity contribution is 6.01. The Bertz CT molecular complexity index is 491. The minimum atomic E-state index is -1.42. The lowest BCUT2D eigenvalue weighted by Crippen LogP contribution is -2.24. The lowest BCUT2D eigenvalue weighted by Gasteiger charge is -2.10. The van der Waals surface area contributed by atoms with Crippen LogP contribution in [0.15, 0.2) is 18.2 Å². The number of carboxylic acids is 2. The monoisotopic (exact) mass is 250 g/mol. The van der Waals surface area contributed by atoms with Gasteiger partial charge in [0.25, 0.3) is 0 Å². The molecule has 0 N–H and O–H groups in total. The van der Waals surface area contributed by atoms with E-state index in [1.807, 2.05) is 0 Å². The van der Waals surface area contributed by atoms with Crippen molar-refractivity contribution in [3.8, 4) is 5.75 Å². The first-order valence-corrected chi connectivity index (χ1v) is 5.08. The first-order valence-electron chi connectivity index (χ1n) is 5.08. The van der Waals surface area contributed by atoms with E-state index in [0.29, 0.717) is 0 Å². The van der Waals surface area contributed by atoms with Crippen LogP contribution in [0.25, 0.3) is 0 Å². The third kappa shape index (κ3) is 3.31. The van der Waals surface area contributed by atoms with Gasteiger partial charge in [0, 0.05) is 12.4 Å². The Balaban J connectivity index is 3.03. The molecule has 0 aromatic heterocycles. The molecule has 0 unspecified atom stereocenters. The lowest BCUT2D eigenvalue weighted by atomic mass is 10.0. The predicted molar refractivity (Wildman–Crippen MR) is 55.9 cm³/mol. The number of rotatable bonds is 6. The lowest BCUT2D eigenvalue weighted by molar-refractivity contribution is -0.305. The number of ketones is 1. The van der Waals surface area contributed by atoms with Crippen LogP contribution in [0.5, 0.6) is 5.75 Å². The molecule has 0 aliphatic rings. The summed E-state index contributed by atoms with van der Waals surface area (Å²) in [4.78, 5) is 32.7. The first kappa shape index (κ1) is 13.7. The molecule has 0 aliphatic carbocycles. The van der Waals surface area contributed by atoms with Crippen LogP contribution in [-0.2, 0) is 4.79 Å². The maximum Gasteiger partial charge on any atom is 0.166 e. The van der Waals surface area contributed by atoms with Crippen molar-refractivity contribution in [2.24, 2.45) is 0 Å². The average molecular weight is 250 g/mol. The second-order valence-electron chi connectivity index (χ2n) is 3.50. The molecule has 0 radical (unpaired) electrons. The van der Waals surface area contributed by atoms with Gasteiger partial charge in [-0.2, -0.15) is 0 Å². The van der Waals surface area contributed by atoms with Crippen LogP contribution in [0.3, 0.4) is 0 Å². The second kappa shape index (κ2) is 5.81. The number of benzene rings is 1. The van der Waals surface area contributed by atoms with Crippen molar-refractivity contribution in [1.29, 1.82) is 0 Å². The van der Waals surface area contributed by atoms with E-state index in [4.69, 9.17) is 4.74 Å². The van der Waals surface area contributed by atoms with Crippen LogP contribution < -0.4 is 14.9 Å². The van der Waals surface area contributed by atoms with Crippen LogP contribution in [-0.4, -0.2) is 24.8 Å². The molecule has 1 aromatic carbocycles. The molecule has 0 spiro atoms. The Kier molecular flexibility index (Phi) is 4.42. The largest absolute Gasteiger partial charge is 0.550 e. The Morgan fingerprint density at radius 2 is 1.83 bits per heavy atom. The molecular formula is C12H10O6-2. The van der Waals surface area contributed by atoms with E-state index in [0.717, 1.165) is 6.07 Å². The topological polar surface area (TPSA) is 107 Å². The zero-order valence-electron chi connectivity index (χ0n) is 9.60. The van der Waals surface area contributed by atoms with Crippen molar-refractivity contribution in [1.82, 2.24) is 0 Å². The molecule has 96 valence electrons. The fourth-order valence-electron chi connectivity index (χ4n) is 1.40. The summed E-state index contributed by atoms with van der Waals surface area (Å²) in [6.07, 6.45) is -0.716. The number of hydrogen-bond acceptors (Lipinski definition) is 6. The molecule has 0 aliphatic heterocycles. The SMILES string of the molecule is COc1ccc(C(=O)[O-])cc1C(=O)CCC(=O)[O-]. The van der Waals surface area contributed by atoms with Crippen molar-refractivity contribution in [3.63, 3.8) is 0 Å². The van der Waals surface area contributed by atoms with E-state index in [2.05, 4.69) is 0 Å². The van der Waals surface area contributed by atoms with Gasteiger partial charge in [0.15, 0.2) is 5.78 Å². The summed E-state index contributed by atoms with van der Waals surface area (Å²) in [6.45, 7) is 0. The standard InChI is InChI=1S/C12H12O6/c1-18-10-4-2-7(12(16)17)6-8(10)9(13)3-5-11(14)15/h2,4,6H,3,5H2,1H3,(H,14,15)(H,16,17)/p-2. The quantitative estimate of drug-likeness (QED) is 0.585. The number of aliphatic carboxylic acids is 1. The molecule has 18 heavy (non-hydrogen) atoms. The van der Waals surface area contributed by atoms with Gasteiger partial charge in [0.2, 0.25) is 0 Å². The fraction of sp³-hybridized carbons (Fsp3) is 0.250. The van der Waals surface area contributed by atoms with E-state index in [-0.39, 0.29) is 23.3 Å². The van der Waals surface area contributed by atoms with Crippen molar-refractivity contribution in [3.05, 3.63) is 29.3 Å². The minimum Gasteiger partial charge on any atom is -0.550 e. The zero-order chi connectivity index (χ0) is 13.7. The molecule has 6 heteroatoms. The van der Waals surface area contributed by atoms with Gasteiger partial charge in [-0.05, 0) is 30.2 Å². The summed E-state index contributed by atoms with van der Waals surface area (Å²) in [5.41, 5.74) is -0.159. The summed E-state index contributed by atoms with van der Waals surface area (Å²) >= 11 is 0. The van der Waals surface area contributed by atoms with E-state index < -0.39 is 24.1 Å². The van der Waals surface area contributed by atoms with E-state index in [9.17, 15) is 24.6 Å². The van der Waals surface area contributed by atoms with Gasteiger partial charge in [0.05, 0.1) is 18.6 Å². The third-order valence-corrected chi connectivity index (χ3v) is 2.29. The van der Waals surface area contributed by atoms with Gasteiger partial charge in [-0.3, -0.25) is 4.79 Å². The Morgan fingerprint density at radius 1 is 1.17 bits per heavy atom. The summed E-state index contributed by atoms with van der Waals surface area (Å²) in [6, 6.07) is 3.66. The van der Waals surface area contributed by atoms with E-state index in [1.165, 1.54) is 19.2 Å². The maximum absolute atomic E-state index is 11.7. The highest BCUT2D eigenvalue weighted by Gasteiger charge is 2.13. The molecule has 0 saturated heterocycles. The number of hydrogen-bond donors (Lipinski definition) is 0. The summed E-state index contributed by atoms with van der Waals surface area (Å²) < 4.78 is 4.91. The van der Waals surface area contributed by atoms with E-state index in [1.54, 1.807) is 0 Å². The van der Waals surface area contributed by atoms with Crippen molar-refractivity contribution in [2.75, 3.05) is 7.11 Å². The third-order valence-electron chi connectivity index (χ3n) is 2.29. The Labute approximate surface area is 103 Å². The van der Waals surface area contributed by atoms with Gasteiger partial charge in [-0.15, -0.1) is 0 Å². The van der Waals surface area contributed by atoms with Crippen LogP contribution in [0.2, 0.25) is 0 Å². The number of ether oxygens (including phenoxy) is 1. The van der Waals surface area contributed by atoms with Crippen LogP contribution >= 0.6 is 0 Å². The van der Waals surface area contributed by atoms with Gasteiger partial charge in [-0.1, -0.05) is 0 Å². The average Bonchev–Trinajstić information content (AvgIpc) is 2.34. The number of carboxylic acid groups (broad SMARTS) is 2. The highest BCUT2D eigenvalue weighted by Crippen LogP contribution is 2.21. The first-order chi connectivity index (χ1) is 8.45. The normalized spacial score (nSPS) is 9.83. The summed E-state index contributed by atoms with van der Waals surface area (Å²) in [5.74, 6) is -3.12. The molecule has 6 nitrogen and oxygen atoms in total. The second-order valence-corrected chi connectivity index (χ2v) is 3.50. The zero-order valence-corrected chi connectivity index (χ0v) is 9.60. The minimum absolute atomic E-state index is 0.0143. The van der Waals surface area contributed by atoms with Gasteiger partial charge in [-0.25, -0.2) is 0 Å². The maximum atomic E-state index is 11.7. The Morgan fingerprint density at radius 3 is 2.33 bits per heavy atom. The summed E-state index contributed by atoms with van der Waals surface area (Å²) in [5, 5.41) is 20.9. The molecule has 0 heterocycles. The fourth-order valence-corrected chi connectivity index (χ4v) is 1.40. The Hall–Kier alpha value is -2.37. The number of aromatic carboxylic acids is 1. The van der Waals surface area contributed by atoms with Gasteiger partial charge >= 0.3 is 0 Å². The highest BCUT2D eigenvalue weighted by atomic mass is 16.5. The molecule has 0 amide bonds. The van der Waals surface area contributed by atoms with Crippen LogP contribution in [0.4, 0.5) is 0 Å². The number of Topliss-reactive ketones (excluding diaryl/α,β-unsaturated/α-hetero) is 1. The van der Waals surface area contributed by atoms with Crippen molar-refractivity contribution < 1.29 is 29.3 Å². The molecule has 1 aromatic rings. The molecule has 0 fully saturated rings. The van der Waals surface area contributed by atoms with Gasteiger partial charge in [0.1, 0.15) is 5.75 Å². The van der Waals surface area contributed by atoms with Crippen LogP contribution in [0, 0.1) is 0 Å². The molecular weight excluding hydrogens is 240 g/mol. The number of methoxy groups -OCH3 is 1. The smallest absolute Gasteiger partial charge is 0.166 e. The van der Waals surface area contributed by atoms with E-state index >= 15 is 0 Å². The summed E-state index contributed by atoms with van der Waals surface area (Å²) in [7, 11) is 1.32. The number of carbonyl (C=O) groups excluding carboxylic acids is 3. The molecule has 0 saturated carbocycles.